The summed E-state index contributed by atoms with van der Waals surface area (Å²) in [5.41, 5.74) is 0.760. The molecule has 0 bridgehead atoms. The van der Waals surface area contributed by atoms with Gasteiger partial charge < -0.3 is 4.74 Å². The van der Waals surface area contributed by atoms with E-state index in [0.717, 1.165) is 87.2 Å². The normalized spacial score (nSPS) is 28.4. The van der Waals surface area contributed by atoms with E-state index in [-0.39, 0.29) is 11.8 Å². The number of hydrogen-bond donors (Lipinski definition) is 0. The molecule has 4 saturated carbocycles. The highest BCUT2D eigenvalue weighted by atomic mass is 19.1. The lowest BCUT2D eigenvalue weighted by Crippen LogP contribution is -2.32. The van der Waals surface area contributed by atoms with Gasteiger partial charge in [-0.1, -0.05) is 154 Å². The minimum absolute atomic E-state index is 0.0588. The average molecular weight is 851 g/mol. The zero-order valence-electron chi connectivity index (χ0n) is 38.8. The monoisotopic (exact) mass is 851 g/mol. The van der Waals surface area contributed by atoms with E-state index < -0.39 is 35.5 Å². The van der Waals surface area contributed by atoms with Crippen molar-refractivity contribution in [1.29, 1.82) is 0 Å². The van der Waals surface area contributed by atoms with Gasteiger partial charge in [-0.05, 0) is 137 Å². The van der Waals surface area contributed by atoms with Gasteiger partial charge in [0.05, 0.1) is 12.2 Å². The molecule has 0 aromatic heterocycles. The first-order chi connectivity index (χ1) is 29.8. The maximum Gasteiger partial charge on any atom is 0.131 e. The molecule has 4 aliphatic carbocycles. The van der Waals surface area contributed by atoms with Gasteiger partial charge in [0, 0.05) is 23.3 Å². The highest BCUT2D eigenvalue weighted by molar-refractivity contribution is 5.25. The predicted octanol–water partition coefficient (Wildman–Crippen LogP) is 18.5. The van der Waals surface area contributed by atoms with Crippen molar-refractivity contribution in [3.05, 3.63) is 70.8 Å². The summed E-state index contributed by atoms with van der Waals surface area (Å²) in [4.78, 5) is 0. The molecule has 2 unspecified atom stereocenters. The van der Waals surface area contributed by atoms with Crippen LogP contribution in [0.25, 0.3) is 0 Å². The van der Waals surface area contributed by atoms with E-state index in [0.29, 0.717) is 23.0 Å². The third-order valence-corrected chi connectivity index (χ3v) is 16.9. The van der Waals surface area contributed by atoms with Crippen LogP contribution in [0.15, 0.2) is 36.4 Å². The van der Waals surface area contributed by atoms with Gasteiger partial charge in [0.2, 0.25) is 0 Å². The largest absolute Gasteiger partial charge is 0.365 e. The van der Waals surface area contributed by atoms with Gasteiger partial charge in [0.15, 0.2) is 0 Å². The number of unbranched alkanes of at least 4 members (excludes halogenated alkanes) is 12. The van der Waals surface area contributed by atoms with Crippen molar-refractivity contribution >= 4 is 0 Å². The van der Waals surface area contributed by atoms with Crippen LogP contribution in [0.4, 0.5) is 17.6 Å². The molecule has 0 aliphatic heterocycles. The van der Waals surface area contributed by atoms with E-state index in [9.17, 15) is 8.78 Å². The Bertz CT molecular complexity index is 1380. The topological polar surface area (TPSA) is 9.23 Å². The summed E-state index contributed by atoms with van der Waals surface area (Å²) in [5, 5.41) is 0. The van der Waals surface area contributed by atoms with E-state index in [1.54, 1.807) is 12.1 Å². The Kier molecular flexibility index (Phi) is 20.8. The Morgan fingerprint density at radius 3 is 1.05 bits per heavy atom. The predicted molar refractivity (Wildman–Crippen MR) is 246 cm³/mol. The molecule has 0 radical (unpaired) electrons. The fraction of sp³-hybridized carbons (Fsp3) is 0.786. The molecule has 0 N–H and O–H groups in total. The average Bonchev–Trinajstić information content (AvgIpc) is 3.27. The quantitative estimate of drug-likeness (QED) is 0.0755. The summed E-state index contributed by atoms with van der Waals surface area (Å²) in [7, 11) is 0. The van der Waals surface area contributed by atoms with Gasteiger partial charge in [-0.3, -0.25) is 0 Å². The molecule has 0 heterocycles. The van der Waals surface area contributed by atoms with Crippen molar-refractivity contribution in [1.82, 2.24) is 0 Å². The van der Waals surface area contributed by atoms with Crippen LogP contribution in [0, 0.1) is 70.6 Å². The van der Waals surface area contributed by atoms with Gasteiger partial charge in [0.1, 0.15) is 23.3 Å². The number of rotatable bonds is 24. The molecule has 61 heavy (non-hydrogen) atoms. The summed E-state index contributed by atoms with van der Waals surface area (Å²) in [5.74, 6) is 2.43. The summed E-state index contributed by atoms with van der Waals surface area (Å²) in [6, 6.07) is 7.76. The Labute approximate surface area is 370 Å². The van der Waals surface area contributed by atoms with Gasteiger partial charge in [-0.2, -0.15) is 0 Å². The van der Waals surface area contributed by atoms with Crippen molar-refractivity contribution in [2.75, 3.05) is 0 Å². The van der Waals surface area contributed by atoms with Crippen molar-refractivity contribution < 1.29 is 22.3 Å². The van der Waals surface area contributed by atoms with Crippen LogP contribution >= 0.6 is 0 Å². The SMILES string of the molecule is CCCCCCCCCC1CCC(C2CCC(C(OC(c3ccc(F)cc3F)C3CCC(C4CCC(CCCCCCCCC)CC4)CC3)c3ccc(F)cc3F)CC2)CC1. The molecular weight excluding hydrogens is 765 g/mol. The third kappa shape index (κ3) is 15.1. The molecule has 6 rings (SSSR count). The summed E-state index contributed by atoms with van der Waals surface area (Å²) >= 11 is 0. The second-order valence-electron chi connectivity index (χ2n) is 21.0. The fourth-order valence-corrected chi connectivity index (χ4v) is 13.0. The van der Waals surface area contributed by atoms with Crippen LogP contribution in [0.5, 0.6) is 0 Å². The van der Waals surface area contributed by atoms with Crippen molar-refractivity contribution in [2.24, 2.45) is 47.3 Å². The molecule has 4 aliphatic rings. The van der Waals surface area contributed by atoms with Gasteiger partial charge in [0.25, 0.3) is 0 Å². The van der Waals surface area contributed by atoms with Crippen molar-refractivity contribution in [3.63, 3.8) is 0 Å². The summed E-state index contributed by atoms with van der Waals surface area (Å²) in [6.45, 7) is 4.57. The zero-order valence-corrected chi connectivity index (χ0v) is 38.8. The lowest BCUT2D eigenvalue weighted by Gasteiger charge is -2.43. The molecule has 1 nitrogen and oxygen atoms in total. The molecule has 2 aromatic rings. The Morgan fingerprint density at radius 2 is 0.721 bits per heavy atom. The van der Waals surface area contributed by atoms with Crippen LogP contribution in [-0.4, -0.2) is 0 Å². The first-order valence-electron chi connectivity index (χ1n) is 26.4. The molecular formula is C56H86F4O. The van der Waals surface area contributed by atoms with Crippen LogP contribution in [0.1, 0.15) is 243 Å². The Hall–Kier alpha value is -1.88. The molecule has 0 spiro atoms. The van der Waals surface area contributed by atoms with E-state index in [2.05, 4.69) is 13.8 Å². The highest BCUT2D eigenvalue weighted by Crippen LogP contribution is 2.51. The lowest BCUT2D eigenvalue weighted by atomic mass is 9.67. The van der Waals surface area contributed by atoms with Crippen molar-refractivity contribution in [2.45, 2.75) is 232 Å². The Morgan fingerprint density at radius 1 is 0.410 bits per heavy atom. The molecule has 0 amide bonds. The number of hydrogen-bond acceptors (Lipinski definition) is 1. The number of halogens is 4. The van der Waals surface area contributed by atoms with E-state index in [1.807, 2.05) is 0 Å². The first-order valence-corrected chi connectivity index (χ1v) is 26.4. The highest BCUT2D eigenvalue weighted by Gasteiger charge is 2.40. The number of ether oxygens (including phenoxy) is 1. The molecule has 344 valence electrons. The molecule has 5 heteroatoms. The zero-order chi connectivity index (χ0) is 42.8. The summed E-state index contributed by atoms with van der Waals surface area (Å²) < 4.78 is 67.6. The van der Waals surface area contributed by atoms with E-state index in [1.165, 1.54) is 166 Å². The number of benzene rings is 2. The fourth-order valence-electron chi connectivity index (χ4n) is 13.0. The Balaban J connectivity index is 1.04. The lowest BCUT2D eigenvalue weighted by molar-refractivity contribution is -0.0959. The second-order valence-corrected chi connectivity index (χ2v) is 21.0. The summed E-state index contributed by atoms with van der Waals surface area (Å²) in [6.07, 6.45) is 39.7. The molecule has 0 saturated heterocycles. The minimum Gasteiger partial charge on any atom is -0.365 e. The van der Waals surface area contributed by atoms with Gasteiger partial charge in [-0.25, -0.2) is 17.6 Å². The maximum absolute atomic E-state index is 15.9. The third-order valence-electron chi connectivity index (χ3n) is 16.9. The second kappa shape index (κ2) is 26.2. The van der Waals surface area contributed by atoms with E-state index in [4.69, 9.17) is 4.74 Å². The van der Waals surface area contributed by atoms with E-state index >= 15 is 8.78 Å². The standard InChI is InChI=1S/C56H86F4O/c1-3-5-7-9-11-13-15-17-41-19-23-43(24-20-41)45-27-31-47(32-28-45)55(51-37-35-49(57)39-53(51)59)61-56(52-38-36-50(58)40-54(52)60)48-33-29-46(30-34-48)44-25-21-42(22-26-44)18-16-14-12-10-8-6-4-2/h35-48,55-56H,3-34H2,1-2H3. The van der Waals surface area contributed by atoms with Gasteiger partial charge >= 0.3 is 0 Å². The minimum atomic E-state index is -0.613. The van der Waals surface area contributed by atoms with Crippen LogP contribution in [-0.2, 0) is 4.74 Å². The van der Waals surface area contributed by atoms with Gasteiger partial charge in [-0.15, -0.1) is 0 Å². The van der Waals surface area contributed by atoms with Crippen LogP contribution < -0.4 is 0 Å². The smallest absolute Gasteiger partial charge is 0.131 e. The molecule has 4 fully saturated rings. The molecule has 2 aromatic carbocycles. The van der Waals surface area contributed by atoms with Crippen LogP contribution in [0.2, 0.25) is 0 Å². The van der Waals surface area contributed by atoms with Crippen molar-refractivity contribution in [3.8, 4) is 0 Å². The molecule has 2 atom stereocenters. The first kappa shape index (κ1) is 48.6. The van der Waals surface area contributed by atoms with Crippen LogP contribution in [0.3, 0.4) is 0 Å². The maximum atomic E-state index is 15.9.